The second-order valence-electron chi connectivity index (χ2n) is 7.56. The van der Waals surface area contributed by atoms with Gasteiger partial charge in [-0.1, -0.05) is 23.7 Å². The summed E-state index contributed by atoms with van der Waals surface area (Å²) in [6.45, 7) is 0.397. The van der Waals surface area contributed by atoms with E-state index in [1.807, 2.05) is 6.07 Å². The minimum Gasteiger partial charge on any atom is -0.353 e. The van der Waals surface area contributed by atoms with Crippen molar-refractivity contribution in [3.05, 3.63) is 69.2 Å². The summed E-state index contributed by atoms with van der Waals surface area (Å²) in [6, 6.07) is 11.1. The Morgan fingerprint density at radius 2 is 2.06 bits per heavy atom. The fourth-order valence-corrected chi connectivity index (χ4v) is 4.53. The van der Waals surface area contributed by atoms with Crippen LogP contribution in [0.4, 0.5) is 13.2 Å². The molecule has 174 valence electrons. The number of amidine groups is 1. The molecule has 0 fully saturated rings. The zero-order chi connectivity index (χ0) is 24.5. The van der Waals surface area contributed by atoms with E-state index in [4.69, 9.17) is 16.9 Å². The standard InChI is InChI=1S/C23H17ClF3N5OS/c1-31(8-2-7-28)22-30-21(33)20(34-22)10-14-3-6-19-16(9-14)12-29-32(19)13-15-4-5-17(24)11-18(15)23(25,26)27/h3-6,9-12H,2,8,13H2,1H3. The van der Waals surface area contributed by atoms with Gasteiger partial charge in [0, 0.05) is 24.0 Å². The van der Waals surface area contributed by atoms with Crippen molar-refractivity contribution < 1.29 is 18.0 Å². The summed E-state index contributed by atoms with van der Waals surface area (Å²) in [5.74, 6) is -0.359. The summed E-state index contributed by atoms with van der Waals surface area (Å²) >= 11 is 7.00. The second-order valence-corrected chi connectivity index (χ2v) is 9.01. The number of aliphatic imine (C=N–C) groups is 1. The fourth-order valence-electron chi connectivity index (χ4n) is 3.46. The highest BCUT2D eigenvalue weighted by Gasteiger charge is 2.33. The van der Waals surface area contributed by atoms with Crippen LogP contribution in [0.25, 0.3) is 17.0 Å². The Kier molecular flexibility index (Phi) is 6.68. The van der Waals surface area contributed by atoms with Crippen LogP contribution in [-0.2, 0) is 17.5 Å². The predicted molar refractivity (Wildman–Crippen MR) is 126 cm³/mol. The van der Waals surface area contributed by atoms with Gasteiger partial charge in [0.25, 0.3) is 5.91 Å². The predicted octanol–water partition coefficient (Wildman–Crippen LogP) is 5.57. The lowest BCUT2D eigenvalue weighted by molar-refractivity contribution is -0.138. The topological polar surface area (TPSA) is 74.3 Å². The molecule has 2 heterocycles. The molecule has 4 rings (SSSR count). The number of amides is 1. The Morgan fingerprint density at radius 3 is 2.79 bits per heavy atom. The molecule has 0 spiro atoms. The summed E-state index contributed by atoms with van der Waals surface area (Å²) in [7, 11) is 1.77. The van der Waals surface area contributed by atoms with Gasteiger partial charge in [-0.25, -0.2) is 0 Å². The number of alkyl halides is 3. The van der Waals surface area contributed by atoms with E-state index in [0.29, 0.717) is 28.6 Å². The highest BCUT2D eigenvalue weighted by atomic mass is 35.5. The molecule has 11 heteroatoms. The van der Waals surface area contributed by atoms with Gasteiger partial charge in [-0.3, -0.25) is 9.48 Å². The number of carbonyl (C=O) groups is 1. The molecule has 0 N–H and O–H groups in total. The average molecular weight is 504 g/mol. The lowest BCUT2D eigenvalue weighted by atomic mass is 10.1. The van der Waals surface area contributed by atoms with Gasteiger partial charge in [0.1, 0.15) is 0 Å². The SMILES string of the molecule is CN(CCC#N)C1=NC(=O)C(=Cc2ccc3c(cnn3Cc3ccc(Cl)cc3C(F)(F)F)c2)S1. The summed E-state index contributed by atoms with van der Waals surface area (Å²) in [5, 5.41) is 14.2. The van der Waals surface area contributed by atoms with E-state index < -0.39 is 11.7 Å². The molecular weight excluding hydrogens is 487 g/mol. The Balaban J connectivity index is 1.56. The molecule has 0 aliphatic carbocycles. The van der Waals surface area contributed by atoms with Crippen LogP contribution in [0.2, 0.25) is 5.02 Å². The van der Waals surface area contributed by atoms with Crippen molar-refractivity contribution in [2.45, 2.75) is 19.1 Å². The van der Waals surface area contributed by atoms with Crippen molar-refractivity contribution in [2.75, 3.05) is 13.6 Å². The lowest BCUT2D eigenvalue weighted by Gasteiger charge is -2.15. The van der Waals surface area contributed by atoms with Crippen LogP contribution in [0.15, 0.2) is 52.5 Å². The third-order valence-electron chi connectivity index (χ3n) is 5.16. The van der Waals surface area contributed by atoms with Gasteiger partial charge in [0.05, 0.1) is 41.2 Å². The minimum absolute atomic E-state index is 0.0156. The first-order chi connectivity index (χ1) is 16.2. The average Bonchev–Trinajstić information content (AvgIpc) is 3.35. The number of nitrogens with zero attached hydrogens (tertiary/aromatic N) is 5. The maximum atomic E-state index is 13.4. The monoisotopic (exact) mass is 503 g/mol. The molecule has 0 unspecified atom stereocenters. The third kappa shape index (κ3) is 5.11. The molecule has 1 aliphatic rings. The van der Waals surface area contributed by atoms with Crippen molar-refractivity contribution in [3.63, 3.8) is 0 Å². The third-order valence-corrected chi connectivity index (χ3v) is 6.49. The van der Waals surface area contributed by atoms with E-state index >= 15 is 0 Å². The van der Waals surface area contributed by atoms with Crippen LogP contribution in [0.3, 0.4) is 0 Å². The normalized spacial score (nSPS) is 15.1. The fraction of sp³-hybridized carbons (Fsp3) is 0.217. The van der Waals surface area contributed by atoms with Gasteiger partial charge >= 0.3 is 6.18 Å². The van der Waals surface area contributed by atoms with Crippen LogP contribution in [0, 0.1) is 11.3 Å². The van der Waals surface area contributed by atoms with Crippen molar-refractivity contribution in [2.24, 2.45) is 4.99 Å². The number of fused-ring (bicyclic) bond motifs is 1. The van der Waals surface area contributed by atoms with E-state index in [1.54, 1.807) is 36.4 Å². The van der Waals surface area contributed by atoms with E-state index in [2.05, 4.69) is 16.2 Å². The maximum Gasteiger partial charge on any atom is 0.416 e. The highest BCUT2D eigenvalue weighted by Crippen LogP contribution is 2.35. The number of thioether (sulfide) groups is 1. The molecule has 0 saturated carbocycles. The van der Waals surface area contributed by atoms with Crippen LogP contribution < -0.4 is 0 Å². The minimum atomic E-state index is -4.53. The van der Waals surface area contributed by atoms with Crippen LogP contribution in [-0.4, -0.2) is 39.3 Å². The van der Waals surface area contributed by atoms with Gasteiger partial charge in [-0.15, -0.1) is 0 Å². The molecule has 2 aromatic carbocycles. The van der Waals surface area contributed by atoms with Crippen molar-refractivity contribution >= 4 is 51.4 Å². The van der Waals surface area contributed by atoms with Crippen molar-refractivity contribution in [1.29, 1.82) is 5.26 Å². The molecule has 0 saturated heterocycles. The van der Waals surface area contributed by atoms with E-state index in [9.17, 15) is 18.0 Å². The van der Waals surface area contributed by atoms with Gasteiger partial charge in [0.2, 0.25) is 0 Å². The zero-order valence-corrected chi connectivity index (χ0v) is 19.4. The maximum absolute atomic E-state index is 13.4. The summed E-state index contributed by atoms with van der Waals surface area (Å²) in [5.41, 5.74) is 0.661. The van der Waals surface area contributed by atoms with Gasteiger partial charge in [-0.05, 0) is 53.2 Å². The van der Waals surface area contributed by atoms with Crippen LogP contribution in [0.1, 0.15) is 23.1 Å². The van der Waals surface area contributed by atoms with Crippen LogP contribution in [0.5, 0.6) is 0 Å². The smallest absolute Gasteiger partial charge is 0.353 e. The number of hydrogen-bond donors (Lipinski definition) is 0. The largest absolute Gasteiger partial charge is 0.416 e. The second kappa shape index (κ2) is 9.52. The summed E-state index contributed by atoms with van der Waals surface area (Å²) in [6.07, 6.45) is -0.927. The number of rotatable bonds is 5. The molecule has 0 bridgehead atoms. The number of hydrogen-bond acceptors (Lipinski definition) is 5. The Bertz CT molecular complexity index is 1370. The Hall–Kier alpha value is -3.29. The first-order valence-electron chi connectivity index (χ1n) is 10.1. The number of nitriles is 1. The molecule has 3 aromatic rings. The molecule has 0 radical (unpaired) electrons. The zero-order valence-electron chi connectivity index (χ0n) is 17.8. The van der Waals surface area contributed by atoms with Gasteiger partial charge < -0.3 is 4.90 Å². The van der Waals surface area contributed by atoms with E-state index in [1.165, 1.54) is 28.6 Å². The van der Waals surface area contributed by atoms with Gasteiger partial charge in [0.15, 0.2) is 5.17 Å². The van der Waals surface area contributed by atoms with Crippen molar-refractivity contribution in [1.82, 2.24) is 14.7 Å². The quantitative estimate of drug-likeness (QED) is 0.425. The Labute approximate surface area is 202 Å². The molecule has 1 aliphatic heterocycles. The van der Waals surface area contributed by atoms with Gasteiger partial charge in [-0.2, -0.15) is 28.5 Å². The molecule has 6 nitrogen and oxygen atoms in total. The number of halogens is 4. The number of benzene rings is 2. The summed E-state index contributed by atoms with van der Waals surface area (Å²) in [4.78, 5) is 18.5. The van der Waals surface area contributed by atoms with Crippen molar-refractivity contribution in [3.8, 4) is 6.07 Å². The molecule has 1 amide bonds. The first kappa shape index (κ1) is 23.9. The molecule has 34 heavy (non-hydrogen) atoms. The molecular formula is C23H17ClF3N5OS. The highest BCUT2D eigenvalue weighted by molar-refractivity contribution is 8.18. The van der Waals surface area contributed by atoms with Crippen LogP contribution >= 0.6 is 23.4 Å². The van der Waals surface area contributed by atoms with E-state index in [0.717, 1.165) is 17.0 Å². The Morgan fingerprint density at radius 1 is 1.26 bits per heavy atom. The molecule has 1 aromatic heterocycles. The number of carbonyl (C=O) groups excluding carboxylic acids is 1. The molecule has 0 atom stereocenters. The first-order valence-corrected chi connectivity index (χ1v) is 11.3. The van der Waals surface area contributed by atoms with E-state index in [-0.39, 0.29) is 23.0 Å². The number of aromatic nitrogens is 2. The lowest BCUT2D eigenvalue weighted by Crippen LogP contribution is -2.23. The summed E-state index contributed by atoms with van der Waals surface area (Å²) < 4.78 is 41.8.